The predicted octanol–water partition coefficient (Wildman–Crippen LogP) is 4.67. The number of hydrogen-bond acceptors (Lipinski definition) is 3. The van der Waals surface area contributed by atoms with Gasteiger partial charge < -0.3 is 5.11 Å². The van der Waals surface area contributed by atoms with Crippen LogP contribution in [-0.2, 0) is 12.8 Å². The molecule has 1 aliphatic carbocycles. The highest BCUT2D eigenvalue weighted by molar-refractivity contribution is 7.13. The van der Waals surface area contributed by atoms with Gasteiger partial charge >= 0.3 is 0 Å². The Morgan fingerprint density at radius 2 is 1.86 bits per heavy atom. The molecule has 4 rings (SSSR count). The zero-order chi connectivity index (χ0) is 14.2. The maximum absolute atomic E-state index is 9.94. The lowest BCUT2D eigenvalue weighted by Gasteiger charge is -2.02. The number of para-hydroxylation sites is 1. The Morgan fingerprint density at radius 1 is 1.00 bits per heavy atom. The SMILES string of the molecule is Oc1ccccc1-c1nc(-c2ccc3c(c2)CCC3)cs1. The van der Waals surface area contributed by atoms with E-state index in [4.69, 9.17) is 4.98 Å². The van der Waals surface area contributed by atoms with Crippen molar-refractivity contribution in [3.05, 3.63) is 59.0 Å². The Labute approximate surface area is 127 Å². The van der Waals surface area contributed by atoms with E-state index in [-0.39, 0.29) is 5.75 Å². The minimum Gasteiger partial charge on any atom is -0.507 e. The number of phenolic OH excluding ortho intramolecular Hbond substituents is 1. The van der Waals surface area contributed by atoms with Gasteiger partial charge in [-0.15, -0.1) is 11.3 Å². The first-order valence-corrected chi connectivity index (χ1v) is 8.05. The van der Waals surface area contributed by atoms with Gasteiger partial charge in [-0.3, -0.25) is 0 Å². The fourth-order valence-corrected chi connectivity index (χ4v) is 3.78. The Kier molecular flexibility index (Phi) is 3.00. The highest BCUT2D eigenvalue weighted by Gasteiger charge is 2.14. The molecule has 2 aromatic carbocycles. The summed E-state index contributed by atoms with van der Waals surface area (Å²) in [6.45, 7) is 0. The van der Waals surface area contributed by atoms with Crippen LogP contribution in [0.3, 0.4) is 0 Å². The maximum atomic E-state index is 9.94. The zero-order valence-electron chi connectivity index (χ0n) is 11.5. The van der Waals surface area contributed by atoms with E-state index in [1.165, 1.54) is 36.0 Å². The number of aromatic nitrogens is 1. The van der Waals surface area contributed by atoms with Crippen molar-refractivity contribution in [1.29, 1.82) is 0 Å². The molecule has 3 heteroatoms. The smallest absolute Gasteiger partial charge is 0.127 e. The number of thiazole rings is 1. The second-order valence-electron chi connectivity index (χ2n) is 5.39. The monoisotopic (exact) mass is 293 g/mol. The van der Waals surface area contributed by atoms with Gasteiger partial charge in [-0.2, -0.15) is 0 Å². The second kappa shape index (κ2) is 5.01. The van der Waals surface area contributed by atoms with Crippen molar-refractivity contribution in [2.24, 2.45) is 0 Å². The van der Waals surface area contributed by atoms with E-state index < -0.39 is 0 Å². The first kappa shape index (κ1) is 12.6. The number of fused-ring (bicyclic) bond motifs is 1. The first-order valence-electron chi connectivity index (χ1n) is 7.17. The van der Waals surface area contributed by atoms with Gasteiger partial charge in [0.05, 0.1) is 11.3 Å². The molecule has 0 saturated heterocycles. The quantitative estimate of drug-likeness (QED) is 0.744. The molecule has 0 unspecified atom stereocenters. The first-order chi connectivity index (χ1) is 10.3. The Hall–Kier alpha value is -2.13. The Morgan fingerprint density at radius 3 is 2.76 bits per heavy atom. The van der Waals surface area contributed by atoms with Gasteiger partial charge in [0.15, 0.2) is 0 Å². The minimum atomic E-state index is 0.285. The van der Waals surface area contributed by atoms with Gasteiger partial charge in [-0.25, -0.2) is 4.98 Å². The molecule has 1 N–H and O–H groups in total. The fraction of sp³-hybridized carbons (Fsp3) is 0.167. The van der Waals surface area contributed by atoms with Crippen LogP contribution in [0.15, 0.2) is 47.8 Å². The van der Waals surface area contributed by atoms with Crippen molar-refractivity contribution in [1.82, 2.24) is 4.98 Å². The number of benzene rings is 2. The van der Waals surface area contributed by atoms with Crippen molar-refractivity contribution < 1.29 is 5.11 Å². The Balaban J connectivity index is 1.73. The van der Waals surface area contributed by atoms with E-state index in [1.807, 2.05) is 18.2 Å². The summed E-state index contributed by atoms with van der Waals surface area (Å²) in [5, 5.41) is 12.9. The fourth-order valence-electron chi connectivity index (χ4n) is 2.92. The van der Waals surface area contributed by atoms with Gasteiger partial charge in [0.2, 0.25) is 0 Å². The third-order valence-electron chi connectivity index (χ3n) is 4.03. The lowest BCUT2D eigenvalue weighted by atomic mass is 10.1. The summed E-state index contributed by atoms with van der Waals surface area (Å²) in [5.41, 5.74) is 5.91. The zero-order valence-corrected chi connectivity index (χ0v) is 12.4. The van der Waals surface area contributed by atoms with E-state index in [9.17, 15) is 5.11 Å². The van der Waals surface area contributed by atoms with Gasteiger partial charge in [-0.1, -0.05) is 24.3 Å². The average Bonchev–Trinajstić information content (AvgIpc) is 3.16. The molecule has 1 aliphatic rings. The molecular weight excluding hydrogens is 278 g/mol. The third-order valence-corrected chi connectivity index (χ3v) is 4.91. The summed E-state index contributed by atoms with van der Waals surface area (Å²) in [6.07, 6.45) is 3.65. The van der Waals surface area contributed by atoms with Gasteiger partial charge in [0, 0.05) is 10.9 Å². The molecule has 0 radical (unpaired) electrons. The number of aromatic hydroxyl groups is 1. The maximum Gasteiger partial charge on any atom is 0.127 e. The highest BCUT2D eigenvalue weighted by Crippen LogP contribution is 2.35. The number of hydrogen-bond donors (Lipinski definition) is 1. The van der Waals surface area contributed by atoms with E-state index in [0.717, 1.165) is 16.3 Å². The second-order valence-corrected chi connectivity index (χ2v) is 6.25. The van der Waals surface area contributed by atoms with Crippen LogP contribution in [0, 0.1) is 0 Å². The molecule has 2 nitrogen and oxygen atoms in total. The van der Waals surface area contributed by atoms with Crippen LogP contribution in [0.1, 0.15) is 17.5 Å². The molecule has 0 fully saturated rings. The van der Waals surface area contributed by atoms with E-state index >= 15 is 0 Å². The summed E-state index contributed by atoms with van der Waals surface area (Å²) < 4.78 is 0. The van der Waals surface area contributed by atoms with E-state index in [1.54, 1.807) is 17.4 Å². The normalized spacial score (nSPS) is 13.3. The molecule has 0 atom stereocenters. The van der Waals surface area contributed by atoms with Crippen molar-refractivity contribution in [2.75, 3.05) is 0 Å². The topological polar surface area (TPSA) is 33.1 Å². The van der Waals surface area contributed by atoms with Gasteiger partial charge in [-0.05, 0) is 48.6 Å². The number of nitrogens with zero attached hydrogens (tertiary/aromatic N) is 1. The summed E-state index contributed by atoms with van der Waals surface area (Å²) in [7, 11) is 0. The summed E-state index contributed by atoms with van der Waals surface area (Å²) >= 11 is 1.57. The number of rotatable bonds is 2. The largest absolute Gasteiger partial charge is 0.507 e. The summed E-state index contributed by atoms with van der Waals surface area (Å²) in [6, 6.07) is 14.0. The summed E-state index contributed by atoms with van der Waals surface area (Å²) in [4.78, 5) is 4.70. The lowest BCUT2D eigenvalue weighted by molar-refractivity contribution is 0.477. The van der Waals surface area contributed by atoms with Crippen LogP contribution in [0.25, 0.3) is 21.8 Å². The van der Waals surface area contributed by atoms with Crippen LogP contribution in [0.5, 0.6) is 5.75 Å². The molecule has 0 bridgehead atoms. The van der Waals surface area contributed by atoms with E-state index in [0.29, 0.717) is 0 Å². The standard InChI is InChI=1S/C18H15NOS/c20-17-7-2-1-6-15(17)18-19-16(11-21-18)14-9-8-12-4-3-5-13(12)10-14/h1-2,6-11,20H,3-5H2. The lowest BCUT2D eigenvalue weighted by Crippen LogP contribution is -1.85. The minimum absolute atomic E-state index is 0.285. The molecule has 0 spiro atoms. The van der Waals surface area contributed by atoms with Crippen molar-refractivity contribution in [2.45, 2.75) is 19.3 Å². The Bertz CT molecular complexity index is 806. The highest BCUT2D eigenvalue weighted by atomic mass is 32.1. The molecule has 1 heterocycles. The third kappa shape index (κ3) is 2.24. The van der Waals surface area contributed by atoms with Crippen molar-refractivity contribution in [3.63, 3.8) is 0 Å². The van der Waals surface area contributed by atoms with Crippen molar-refractivity contribution in [3.8, 4) is 27.6 Å². The summed E-state index contributed by atoms with van der Waals surface area (Å²) in [5.74, 6) is 0.285. The molecular formula is C18H15NOS. The molecule has 0 aliphatic heterocycles. The van der Waals surface area contributed by atoms with Crippen LogP contribution in [-0.4, -0.2) is 10.1 Å². The van der Waals surface area contributed by atoms with Crippen LogP contribution >= 0.6 is 11.3 Å². The molecule has 104 valence electrons. The average molecular weight is 293 g/mol. The predicted molar refractivity (Wildman–Crippen MR) is 86.7 cm³/mol. The van der Waals surface area contributed by atoms with Crippen LogP contribution in [0.4, 0.5) is 0 Å². The van der Waals surface area contributed by atoms with Gasteiger partial charge in [0.1, 0.15) is 10.8 Å². The van der Waals surface area contributed by atoms with E-state index in [2.05, 4.69) is 23.6 Å². The molecule has 0 amide bonds. The van der Waals surface area contributed by atoms with Gasteiger partial charge in [0.25, 0.3) is 0 Å². The van der Waals surface area contributed by atoms with Crippen molar-refractivity contribution >= 4 is 11.3 Å². The molecule has 21 heavy (non-hydrogen) atoms. The number of phenols is 1. The van der Waals surface area contributed by atoms with Crippen LogP contribution < -0.4 is 0 Å². The van der Waals surface area contributed by atoms with Crippen LogP contribution in [0.2, 0.25) is 0 Å². The molecule has 1 aromatic heterocycles. The molecule has 0 saturated carbocycles. The molecule has 3 aromatic rings. The number of aryl methyl sites for hydroxylation is 2.